The lowest BCUT2D eigenvalue weighted by molar-refractivity contribution is -0.152. The predicted octanol–water partition coefficient (Wildman–Crippen LogP) is 3.51. The van der Waals surface area contributed by atoms with E-state index in [-0.39, 0.29) is 0 Å². The molecule has 1 N–H and O–H groups in total. The first-order chi connectivity index (χ1) is 9.97. The third-order valence-electron chi connectivity index (χ3n) is 2.96. The van der Waals surface area contributed by atoms with Gasteiger partial charge in [-0.2, -0.15) is 0 Å². The molecule has 0 aliphatic heterocycles. The number of rotatable bonds is 6. The monoisotopic (exact) mass is 286 g/mol. The Morgan fingerprint density at radius 2 is 1.62 bits per heavy atom. The Labute approximate surface area is 123 Å². The summed E-state index contributed by atoms with van der Waals surface area (Å²) in [5, 5.41) is 9.02. The summed E-state index contributed by atoms with van der Waals surface area (Å²) < 4.78 is 11.1. The van der Waals surface area contributed by atoms with Gasteiger partial charge in [0.1, 0.15) is 18.1 Å². The van der Waals surface area contributed by atoms with E-state index in [1.807, 2.05) is 42.5 Å². The molecular formula is C17H18O4. The summed E-state index contributed by atoms with van der Waals surface area (Å²) in [4.78, 5) is 11.0. The molecule has 4 nitrogen and oxygen atoms in total. The number of carboxylic acid groups (broad SMARTS) is 1. The molecule has 0 bridgehead atoms. The van der Waals surface area contributed by atoms with E-state index in [0.717, 1.165) is 11.3 Å². The molecule has 0 saturated carbocycles. The minimum atomic E-state index is -1.25. The molecule has 0 unspecified atom stereocenters. The molecule has 0 atom stereocenters. The molecule has 0 amide bonds. The molecule has 0 heterocycles. The van der Waals surface area contributed by atoms with E-state index < -0.39 is 11.6 Å². The molecule has 0 spiro atoms. The summed E-state index contributed by atoms with van der Waals surface area (Å²) in [7, 11) is 0. The van der Waals surface area contributed by atoms with Gasteiger partial charge in [-0.1, -0.05) is 30.3 Å². The van der Waals surface area contributed by atoms with Crippen molar-refractivity contribution in [1.82, 2.24) is 0 Å². The zero-order valence-electron chi connectivity index (χ0n) is 12.1. The fourth-order valence-corrected chi connectivity index (χ4v) is 1.68. The lowest BCUT2D eigenvalue weighted by Crippen LogP contribution is -2.37. The van der Waals surface area contributed by atoms with Gasteiger partial charge in [0.25, 0.3) is 0 Å². The molecule has 21 heavy (non-hydrogen) atoms. The van der Waals surface area contributed by atoms with Crippen LogP contribution in [0.5, 0.6) is 11.5 Å². The first kappa shape index (κ1) is 14.9. The van der Waals surface area contributed by atoms with Gasteiger partial charge in [0.05, 0.1) is 0 Å². The second-order valence-electron chi connectivity index (χ2n) is 5.16. The van der Waals surface area contributed by atoms with Crippen LogP contribution in [-0.4, -0.2) is 16.7 Å². The second kappa shape index (κ2) is 6.31. The molecule has 0 radical (unpaired) electrons. The smallest absolute Gasteiger partial charge is 0.347 e. The summed E-state index contributed by atoms with van der Waals surface area (Å²) in [5.41, 5.74) is -0.262. The van der Waals surface area contributed by atoms with Gasteiger partial charge < -0.3 is 14.6 Å². The van der Waals surface area contributed by atoms with Crippen molar-refractivity contribution < 1.29 is 19.4 Å². The quantitative estimate of drug-likeness (QED) is 0.883. The van der Waals surface area contributed by atoms with Gasteiger partial charge in [0.2, 0.25) is 0 Å². The highest BCUT2D eigenvalue weighted by Crippen LogP contribution is 2.20. The van der Waals surface area contributed by atoms with Gasteiger partial charge in [-0.25, -0.2) is 4.79 Å². The molecule has 0 aromatic heterocycles. The first-order valence-electron chi connectivity index (χ1n) is 6.66. The van der Waals surface area contributed by atoms with Crippen molar-refractivity contribution in [2.45, 2.75) is 26.1 Å². The van der Waals surface area contributed by atoms with Crippen LogP contribution in [0, 0.1) is 0 Å². The SMILES string of the molecule is CC(C)(Oc1ccc(COc2ccccc2)cc1)C(=O)O. The van der Waals surface area contributed by atoms with E-state index in [1.165, 1.54) is 13.8 Å². The molecule has 2 aromatic rings. The van der Waals surface area contributed by atoms with Crippen LogP contribution in [0.1, 0.15) is 19.4 Å². The average Bonchev–Trinajstić information content (AvgIpc) is 2.47. The summed E-state index contributed by atoms with van der Waals surface area (Å²) >= 11 is 0. The van der Waals surface area contributed by atoms with E-state index in [0.29, 0.717) is 12.4 Å². The van der Waals surface area contributed by atoms with E-state index >= 15 is 0 Å². The van der Waals surface area contributed by atoms with Crippen LogP contribution in [-0.2, 0) is 11.4 Å². The molecular weight excluding hydrogens is 268 g/mol. The third kappa shape index (κ3) is 4.24. The van der Waals surface area contributed by atoms with Crippen molar-refractivity contribution in [2.24, 2.45) is 0 Å². The number of hydrogen-bond donors (Lipinski definition) is 1. The van der Waals surface area contributed by atoms with Crippen molar-refractivity contribution in [3.63, 3.8) is 0 Å². The van der Waals surface area contributed by atoms with Crippen LogP contribution >= 0.6 is 0 Å². The zero-order chi connectivity index (χ0) is 15.3. The predicted molar refractivity (Wildman–Crippen MR) is 79.6 cm³/mol. The highest BCUT2D eigenvalue weighted by atomic mass is 16.5. The summed E-state index contributed by atoms with van der Waals surface area (Å²) in [5.74, 6) is 0.328. The van der Waals surface area contributed by atoms with E-state index in [1.54, 1.807) is 12.1 Å². The van der Waals surface area contributed by atoms with Crippen LogP contribution in [0.3, 0.4) is 0 Å². The Bertz CT molecular complexity index is 588. The normalized spacial score (nSPS) is 11.0. The standard InChI is InChI=1S/C17H18O4/c1-17(2,16(18)19)21-15-10-8-13(9-11-15)12-20-14-6-4-3-5-7-14/h3-11H,12H2,1-2H3,(H,18,19). The number of para-hydroxylation sites is 1. The molecule has 110 valence electrons. The third-order valence-corrected chi connectivity index (χ3v) is 2.96. The fourth-order valence-electron chi connectivity index (χ4n) is 1.68. The second-order valence-corrected chi connectivity index (χ2v) is 5.16. The maximum atomic E-state index is 11.0. The van der Waals surface area contributed by atoms with Crippen LogP contribution in [0.4, 0.5) is 0 Å². The minimum absolute atomic E-state index is 0.451. The van der Waals surface area contributed by atoms with Gasteiger partial charge in [-0.3, -0.25) is 0 Å². The fraction of sp³-hybridized carbons (Fsp3) is 0.235. The number of ether oxygens (including phenoxy) is 2. The van der Waals surface area contributed by atoms with Crippen LogP contribution in [0.25, 0.3) is 0 Å². The van der Waals surface area contributed by atoms with Crippen LogP contribution in [0.15, 0.2) is 54.6 Å². The van der Waals surface area contributed by atoms with Gasteiger partial charge in [-0.15, -0.1) is 0 Å². The summed E-state index contributed by atoms with van der Waals surface area (Å²) in [6.45, 7) is 3.48. The Morgan fingerprint density at radius 1 is 1.00 bits per heavy atom. The van der Waals surface area contributed by atoms with E-state index in [4.69, 9.17) is 14.6 Å². The molecule has 0 saturated heterocycles. The van der Waals surface area contributed by atoms with Crippen molar-refractivity contribution >= 4 is 5.97 Å². The van der Waals surface area contributed by atoms with Crippen molar-refractivity contribution in [2.75, 3.05) is 0 Å². The highest BCUT2D eigenvalue weighted by Gasteiger charge is 2.29. The molecule has 2 rings (SSSR count). The minimum Gasteiger partial charge on any atom is -0.489 e. The molecule has 0 aliphatic rings. The Kier molecular flexibility index (Phi) is 4.48. The number of benzene rings is 2. The molecule has 0 aliphatic carbocycles. The zero-order valence-corrected chi connectivity index (χ0v) is 12.1. The average molecular weight is 286 g/mol. The Morgan fingerprint density at radius 3 is 2.19 bits per heavy atom. The van der Waals surface area contributed by atoms with E-state index in [9.17, 15) is 4.79 Å². The molecule has 0 fully saturated rings. The Balaban J connectivity index is 1.95. The van der Waals surface area contributed by atoms with Crippen molar-refractivity contribution in [3.05, 3.63) is 60.2 Å². The molecule has 2 aromatic carbocycles. The summed E-state index contributed by atoms with van der Waals surface area (Å²) in [6, 6.07) is 16.8. The number of aliphatic carboxylic acids is 1. The van der Waals surface area contributed by atoms with Gasteiger partial charge in [-0.05, 0) is 43.7 Å². The van der Waals surface area contributed by atoms with Crippen molar-refractivity contribution in [1.29, 1.82) is 0 Å². The lowest BCUT2D eigenvalue weighted by atomic mass is 10.1. The largest absolute Gasteiger partial charge is 0.489 e. The number of hydrogen-bond acceptors (Lipinski definition) is 3. The highest BCUT2D eigenvalue weighted by molar-refractivity contribution is 5.76. The molecule has 4 heteroatoms. The summed E-state index contributed by atoms with van der Waals surface area (Å²) in [6.07, 6.45) is 0. The van der Waals surface area contributed by atoms with Crippen LogP contribution in [0.2, 0.25) is 0 Å². The maximum Gasteiger partial charge on any atom is 0.347 e. The maximum absolute atomic E-state index is 11.0. The number of carbonyl (C=O) groups is 1. The van der Waals surface area contributed by atoms with Crippen LogP contribution < -0.4 is 9.47 Å². The lowest BCUT2D eigenvalue weighted by Gasteiger charge is -2.21. The van der Waals surface area contributed by atoms with E-state index in [2.05, 4.69) is 0 Å². The topological polar surface area (TPSA) is 55.8 Å². The van der Waals surface area contributed by atoms with Gasteiger partial charge in [0, 0.05) is 0 Å². The number of carboxylic acids is 1. The van der Waals surface area contributed by atoms with Gasteiger partial charge >= 0.3 is 5.97 Å². The Hall–Kier alpha value is -2.49. The van der Waals surface area contributed by atoms with Gasteiger partial charge in [0.15, 0.2) is 5.60 Å². The first-order valence-corrected chi connectivity index (χ1v) is 6.66. The van der Waals surface area contributed by atoms with Crippen molar-refractivity contribution in [3.8, 4) is 11.5 Å².